The van der Waals surface area contributed by atoms with Crippen molar-refractivity contribution in [2.24, 2.45) is 0 Å². The fraction of sp³-hybridized carbons (Fsp3) is 0.286. The highest BCUT2D eigenvalue weighted by Crippen LogP contribution is 2.32. The standard InChI is InChI=1S/C14H14N2O5/c1-3-21-14(18)9(2)8-15-12-5-4-11(16(19)20)6-10(12)7-13(15)17/h4-6H,2-3,7-8H2,1H3. The van der Waals surface area contributed by atoms with Gasteiger partial charge in [0.25, 0.3) is 5.69 Å². The zero-order valence-corrected chi connectivity index (χ0v) is 11.5. The van der Waals surface area contributed by atoms with Crippen LogP contribution < -0.4 is 4.90 Å². The van der Waals surface area contributed by atoms with Crippen LogP contribution in [0.25, 0.3) is 0 Å². The first kappa shape index (κ1) is 14.7. The van der Waals surface area contributed by atoms with Gasteiger partial charge in [-0.3, -0.25) is 14.9 Å². The smallest absolute Gasteiger partial charge is 0.335 e. The Morgan fingerprint density at radius 3 is 2.86 bits per heavy atom. The van der Waals surface area contributed by atoms with Crippen LogP contribution in [-0.2, 0) is 20.7 Å². The number of carbonyl (C=O) groups is 2. The van der Waals surface area contributed by atoms with Crippen molar-refractivity contribution in [2.45, 2.75) is 13.3 Å². The largest absolute Gasteiger partial charge is 0.463 e. The Balaban J connectivity index is 2.21. The van der Waals surface area contributed by atoms with Gasteiger partial charge < -0.3 is 9.64 Å². The number of benzene rings is 1. The van der Waals surface area contributed by atoms with E-state index < -0.39 is 10.9 Å². The average molecular weight is 290 g/mol. The fourth-order valence-electron chi connectivity index (χ4n) is 2.15. The number of esters is 1. The Hall–Kier alpha value is -2.70. The van der Waals surface area contributed by atoms with Crippen LogP contribution in [0.5, 0.6) is 0 Å². The molecule has 0 bridgehead atoms. The van der Waals surface area contributed by atoms with E-state index in [0.29, 0.717) is 11.3 Å². The molecule has 0 atom stereocenters. The number of hydrogen-bond acceptors (Lipinski definition) is 5. The number of ether oxygens (including phenoxy) is 1. The lowest BCUT2D eigenvalue weighted by Crippen LogP contribution is -2.31. The van der Waals surface area contributed by atoms with Crippen LogP contribution in [0.15, 0.2) is 30.4 Å². The van der Waals surface area contributed by atoms with E-state index in [1.807, 2.05) is 0 Å². The second-order valence-corrected chi connectivity index (χ2v) is 4.55. The molecule has 0 unspecified atom stereocenters. The summed E-state index contributed by atoms with van der Waals surface area (Å²) in [5.74, 6) is -0.781. The predicted octanol–water partition coefficient (Wildman–Crippen LogP) is 1.60. The Labute approximate surface area is 121 Å². The Bertz CT molecular complexity index is 638. The zero-order chi connectivity index (χ0) is 15.6. The quantitative estimate of drug-likeness (QED) is 0.355. The van der Waals surface area contributed by atoms with Crippen molar-refractivity contribution in [3.8, 4) is 0 Å². The number of nitro groups is 1. The molecule has 1 heterocycles. The van der Waals surface area contributed by atoms with Gasteiger partial charge in [-0.05, 0) is 18.6 Å². The molecule has 110 valence electrons. The number of rotatable bonds is 5. The topological polar surface area (TPSA) is 89.8 Å². The monoisotopic (exact) mass is 290 g/mol. The van der Waals surface area contributed by atoms with Crippen molar-refractivity contribution in [3.63, 3.8) is 0 Å². The highest BCUT2D eigenvalue weighted by atomic mass is 16.6. The van der Waals surface area contributed by atoms with Crippen molar-refractivity contribution >= 4 is 23.3 Å². The fourth-order valence-corrected chi connectivity index (χ4v) is 2.15. The number of non-ortho nitro benzene ring substituents is 1. The maximum absolute atomic E-state index is 12.0. The van der Waals surface area contributed by atoms with E-state index in [1.54, 1.807) is 6.92 Å². The summed E-state index contributed by atoms with van der Waals surface area (Å²) >= 11 is 0. The summed E-state index contributed by atoms with van der Waals surface area (Å²) in [5.41, 5.74) is 1.24. The summed E-state index contributed by atoms with van der Waals surface area (Å²) in [6.07, 6.45) is 0.0765. The van der Waals surface area contributed by atoms with Gasteiger partial charge in [0.2, 0.25) is 5.91 Å². The number of carbonyl (C=O) groups excluding carboxylic acids is 2. The van der Waals surface area contributed by atoms with Gasteiger partial charge in [-0.1, -0.05) is 6.58 Å². The zero-order valence-electron chi connectivity index (χ0n) is 11.5. The highest BCUT2D eigenvalue weighted by molar-refractivity contribution is 6.03. The molecule has 0 saturated carbocycles. The Kier molecular flexibility index (Phi) is 4.02. The van der Waals surface area contributed by atoms with E-state index in [4.69, 9.17) is 4.74 Å². The molecule has 0 saturated heterocycles. The molecule has 1 amide bonds. The van der Waals surface area contributed by atoms with Gasteiger partial charge in [0, 0.05) is 23.4 Å². The van der Waals surface area contributed by atoms with Crippen LogP contribution in [0.2, 0.25) is 0 Å². The lowest BCUT2D eigenvalue weighted by molar-refractivity contribution is -0.384. The third-order valence-electron chi connectivity index (χ3n) is 3.12. The van der Waals surface area contributed by atoms with E-state index in [-0.39, 0.29) is 36.7 Å². The molecule has 7 nitrogen and oxygen atoms in total. The van der Waals surface area contributed by atoms with E-state index in [2.05, 4.69) is 6.58 Å². The van der Waals surface area contributed by atoms with Crippen molar-refractivity contribution in [1.29, 1.82) is 0 Å². The van der Waals surface area contributed by atoms with Gasteiger partial charge in [0.05, 0.1) is 24.5 Å². The third-order valence-corrected chi connectivity index (χ3v) is 3.12. The molecular weight excluding hydrogens is 276 g/mol. The molecule has 2 rings (SSSR count). The van der Waals surface area contributed by atoms with Gasteiger partial charge in [-0.2, -0.15) is 0 Å². The molecular formula is C14H14N2O5. The molecule has 0 N–H and O–H groups in total. The molecule has 1 aromatic rings. The van der Waals surface area contributed by atoms with Crippen molar-refractivity contribution in [1.82, 2.24) is 0 Å². The lowest BCUT2D eigenvalue weighted by atomic mass is 10.1. The van der Waals surface area contributed by atoms with Gasteiger partial charge >= 0.3 is 5.97 Å². The van der Waals surface area contributed by atoms with Crippen molar-refractivity contribution < 1.29 is 19.2 Å². The lowest BCUT2D eigenvalue weighted by Gasteiger charge is -2.18. The molecule has 0 aromatic heterocycles. The third kappa shape index (κ3) is 2.91. The van der Waals surface area contributed by atoms with E-state index >= 15 is 0 Å². The maximum Gasteiger partial charge on any atom is 0.335 e. The first-order chi connectivity index (χ1) is 9.93. The molecule has 0 radical (unpaired) electrons. The van der Waals surface area contributed by atoms with Crippen molar-refractivity contribution in [3.05, 3.63) is 46.0 Å². The molecule has 1 aromatic carbocycles. The van der Waals surface area contributed by atoms with E-state index in [9.17, 15) is 19.7 Å². The minimum absolute atomic E-state index is 0.0163. The van der Waals surface area contributed by atoms with Crippen LogP contribution >= 0.6 is 0 Å². The van der Waals surface area contributed by atoms with Crippen molar-refractivity contribution in [2.75, 3.05) is 18.1 Å². The molecule has 0 aliphatic carbocycles. The summed E-state index contributed by atoms with van der Waals surface area (Å²) in [5, 5.41) is 10.7. The van der Waals surface area contributed by atoms with Gasteiger partial charge in [-0.15, -0.1) is 0 Å². The average Bonchev–Trinajstić information content (AvgIpc) is 2.74. The minimum Gasteiger partial charge on any atom is -0.463 e. The first-order valence-corrected chi connectivity index (χ1v) is 6.36. The predicted molar refractivity (Wildman–Crippen MR) is 74.9 cm³/mol. The van der Waals surface area contributed by atoms with Crippen LogP contribution in [0.3, 0.4) is 0 Å². The number of hydrogen-bond donors (Lipinski definition) is 0. The van der Waals surface area contributed by atoms with Crippen LogP contribution in [-0.4, -0.2) is 30.0 Å². The Morgan fingerprint density at radius 2 is 2.24 bits per heavy atom. The molecule has 1 aliphatic rings. The van der Waals surface area contributed by atoms with Gasteiger partial charge in [0.1, 0.15) is 0 Å². The van der Waals surface area contributed by atoms with Crippen LogP contribution in [0.1, 0.15) is 12.5 Å². The minimum atomic E-state index is -0.555. The molecule has 0 spiro atoms. The summed E-state index contributed by atoms with van der Waals surface area (Å²) in [6, 6.07) is 4.22. The molecule has 0 fully saturated rings. The second kappa shape index (κ2) is 5.74. The SMILES string of the molecule is C=C(CN1C(=O)Cc2cc([N+](=O)[O-])ccc21)C(=O)OCC. The summed E-state index contributed by atoms with van der Waals surface area (Å²) in [7, 11) is 0. The van der Waals surface area contributed by atoms with E-state index in [0.717, 1.165) is 0 Å². The summed E-state index contributed by atoms with van der Waals surface area (Å²) in [6.45, 7) is 5.54. The molecule has 1 aliphatic heterocycles. The summed E-state index contributed by atoms with van der Waals surface area (Å²) in [4.78, 5) is 35.1. The first-order valence-electron chi connectivity index (χ1n) is 6.36. The normalized spacial score (nSPS) is 13.0. The number of anilines is 1. The number of nitro benzene ring substituents is 1. The Morgan fingerprint density at radius 1 is 1.52 bits per heavy atom. The number of fused-ring (bicyclic) bond motifs is 1. The van der Waals surface area contributed by atoms with Crippen LogP contribution in [0.4, 0.5) is 11.4 Å². The maximum atomic E-state index is 12.0. The summed E-state index contributed by atoms with van der Waals surface area (Å²) < 4.78 is 4.82. The molecule has 21 heavy (non-hydrogen) atoms. The van der Waals surface area contributed by atoms with E-state index in [1.165, 1.54) is 23.1 Å². The highest BCUT2D eigenvalue weighted by Gasteiger charge is 2.30. The van der Waals surface area contributed by atoms with Gasteiger partial charge in [-0.25, -0.2) is 4.79 Å². The van der Waals surface area contributed by atoms with Crippen LogP contribution in [0, 0.1) is 10.1 Å². The van der Waals surface area contributed by atoms with Gasteiger partial charge in [0.15, 0.2) is 0 Å². The second-order valence-electron chi connectivity index (χ2n) is 4.55. The molecule has 7 heteroatoms. The number of amides is 1. The number of nitrogens with zero attached hydrogens (tertiary/aromatic N) is 2.